The number of imidazole rings is 1. The quantitative estimate of drug-likeness (QED) is 0.866. The predicted molar refractivity (Wildman–Crippen MR) is 89.9 cm³/mol. The molecule has 0 spiro atoms. The van der Waals surface area contributed by atoms with Gasteiger partial charge in [-0.1, -0.05) is 12.8 Å². The molecule has 2 aromatic heterocycles. The second-order valence-corrected chi connectivity index (χ2v) is 7.22. The summed E-state index contributed by atoms with van der Waals surface area (Å²) in [6.45, 7) is 3.14. The molecule has 1 atom stereocenters. The van der Waals surface area contributed by atoms with E-state index in [1.807, 2.05) is 40.4 Å². The summed E-state index contributed by atoms with van der Waals surface area (Å²) in [6, 6.07) is 1.95. The highest BCUT2D eigenvalue weighted by molar-refractivity contribution is 5.76. The fraction of sp³-hybridized carbons (Fsp3) is 0.611. The second kappa shape index (κ2) is 6.79. The number of amides is 1. The Hall–Kier alpha value is -2.11. The van der Waals surface area contributed by atoms with E-state index in [1.165, 1.54) is 25.7 Å². The molecule has 2 aromatic rings. The van der Waals surface area contributed by atoms with Gasteiger partial charge in [-0.15, -0.1) is 0 Å². The van der Waals surface area contributed by atoms with Crippen molar-refractivity contribution in [3.8, 4) is 0 Å². The Balaban J connectivity index is 1.49. The minimum atomic E-state index is 0.295. The third-order valence-electron chi connectivity index (χ3n) is 5.36. The van der Waals surface area contributed by atoms with Crippen LogP contribution in [0, 0.1) is 11.8 Å². The zero-order valence-electron chi connectivity index (χ0n) is 14.0. The molecule has 6 nitrogen and oxygen atoms in total. The van der Waals surface area contributed by atoms with Crippen LogP contribution in [0.4, 0.5) is 0 Å². The molecule has 1 aliphatic carbocycles. The van der Waals surface area contributed by atoms with E-state index in [-0.39, 0.29) is 0 Å². The second-order valence-electron chi connectivity index (χ2n) is 7.22. The number of rotatable bonds is 4. The minimum Gasteiger partial charge on any atom is -0.335 e. The number of hydrogen-bond donors (Lipinski definition) is 0. The van der Waals surface area contributed by atoms with Crippen LogP contribution in [0.15, 0.2) is 30.9 Å². The maximum atomic E-state index is 12.9. The molecule has 0 bridgehead atoms. The zero-order chi connectivity index (χ0) is 16.4. The minimum absolute atomic E-state index is 0.295. The van der Waals surface area contributed by atoms with Crippen molar-refractivity contribution in [3.05, 3.63) is 36.7 Å². The van der Waals surface area contributed by atoms with Gasteiger partial charge in [0.1, 0.15) is 5.82 Å². The van der Waals surface area contributed by atoms with Gasteiger partial charge in [0, 0.05) is 56.8 Å². The van der Waals surface area contributed by atoms with Crippen LogP contribution in [0.5, 0.6) is 0 Å². The van der Waals surface area contributed by atoms with Crippen LogP contribution in [0.25, 0.3) is 0 Å². The smallest absolute Gasteiger partial charge is 0.223 e. The summed E-state index contributed by atoms with van der Waals surface area (Å²) in [6.07, 6.45) is 13.4. The van der Waals surface area contributed by atoms with Crippen LogP contribution in [-0.4, -0.2) is 36.7 Å². The molecule has 1 saturated carbocycles. The van der Waals surface area contributed by atoms with Crippen molar-refractivity contribution in [2.24, 2.45) is 11.8 Å². The molecule has 24 heavy (non-hydrogen) atoms. The fourth-order valence-corrected chi connectivity index (χ4v) is 4.11. The highest BCUT2D eigenvalue weighted by Gasteiger charge is 2.28. The van der Waals surface area contributed by atoms with Gasteiger partial charge in [0.25, 0.3) is 0 Å². The molecule has 4 rings (SSSR count). The van der Waals surface area contributed by atoms with Crippen molar-refractivity contribution in [2.45, 2.75) is 51.7 Å². The van der Waals surface area contributed by atoms with Crippen LogP contribution in [0.3, 0.4) is 0 Å². The lowest BCUT2D eigenvalue weighted by molar-refractivity contribution is -0.133. The van der Waals surface area contributed by atoms with Crippen molar-refractivity contribution in [3.63, 3.8) is 0 Å². The first-order valence-corrected chi connectivity index (χ1v) is 9.03. The molecule has 1 amide bonds. The summed E-state index contributed by atoms with van der Waals surface area (Å²) in [5.74, 6) is 2.24. The molecule has 3 heterocycles. The van der Waals surface area contributed by atoms with E-state index in [1.54, 1.807) is 0 Å². The van der Waals surface area contributed by atoms with E-state index < -0.39 is 0 Å². The van der Waals surface area contributed by atoms with Gasteiger partial charge in [-0.05, 0) is 24.8 Å². The van der Waals surface area contributed by atoms with Crippen LogP contribution < -0.4 is 0 Å². The Kier molecular flexibility index (Phi) is 4.36. The van der Waals surface area contributed by atoms with Gasteiger partial charge < -0.3 is 9.47 Å². The predicted octanol–water partition coefficient (Wildman–Crippen LogP) is 2.32. The van der Waals surface area contributed by atoms with E-state index in [2.05, 4.69) is 14.6 Å². The van der Waals surface area contributed by atoms with Crippen molar-refractivity contribution in [1.82, 2.24) is 24.2 Å². The Morgan fingerprint density at radius 1 is 1.12 bits per heavy atom. The third kappa shape index (κ3) is 3.37. The standard InChI is InChI=1S/C18H25N5O/c24-18(10-15-4-1-2-5-15)22-12-16(13-23-8-3-6-20-23)11-21-9-7-19-17(21)14-22/h3,6-9,15-16H,1-2,4-5,10-14H2/t16-/m1/s1. The summed E-state index contributed by atoms with van der Waals surface area (Å²) in [5, 5.41) is 4.33. The van der Waals surface area contributed by atoms with E-state index in [4.69, 9.17) is 0 Å². The van der Waals surface area contributed by atoms with Crippen LogP contribution in [-0.2, 0) is 24.4 Å². The molecule has 0 aromatic carbocycles. The third-order valence-corrected chi connectivity index (χ3v) is 5.36. The summed E-state index contributed by atoms with van der Waals surface area (Å²) < 4.78 is 4.16. The van der Waals surface area contributed by atoms with E-state index >= 15 is 0 Å². The number of fused-ring (bicyclic) bond motifs is 1. The van der Waals surface area contributed by atoms with Crippen molar-refractivity contribution in [2.75, 3.05) is 6.54 Å². The maximum absolute atomic E-state index is 12.9. The largest absolute Gasteiger partial charge is 0.335 e. The monoisotopic (exact) mass is 327 g/mol. The first kappa shape index (κ1) is 15.4. The van der Waals surface area contributed by atoms with Gasteiger partial charge in [0.05, 0.1) is 6.54 Å². The summed E-state index contributed by atoms with van der Waals surface area (Å²) in [4.78, 5) is 19.3. The first-order chi connectivity index (χ1) is 11.8. The Bertz CT molecular complexity index is 671. The molecule has 0 N–H and O–H groups in total. The zero-order valence-corrected chi connectivity index (χ0v) is 14.0. The molecule has 2 aliphatic rings. The lowest BCUT2D eigenvalue weighted by Gasteiger charge is -2.25. The molecular weight excluding hydrogens is 302 g/mol. The van der Waals surface area contributed by atoms with Crippen LogP contribution in [0.2, 0.25) is 0 Å². The van der Waals surface area contributed by atoms with Gasteiger partial charge in [0.15, 0.2) is 0 Å². The van der Waals surface area contributed by atoms with E-state index in [0.717, 1.165) is 25.5 Å². The van der Waals surface area contributed by atoms with Crippen molar-refractivity contribution < 1.29 is 4.79 Å². The van der Waals surface area contributed by atoms with Gasteiger partial charge >= 0.3 is 0 Å². The topological polar surface area (TPSA) is 56.0 Å². The fourth-order valence-electron chi connectivity index (χ4n) is 4.11. The van der Waals surface area contributed by atoms with E-state index in [0.29, 0.717) is 30.7 Å². The lowest BCUT2D eigenvalue weighted by Crippen LogP contribution is -2.36. The maximum Gasteiger partial charge on any atom is 0.223 e. The van der Waals surface area contributed by atoms with Gasteiger partial charge in [-0.3, -0.25) is 9.48 Å². The highest BCUT2D eigenvalue weighted by atomic mass is 16.2. The number of aromatic nitrogens is 4. The molecule has 1 aliphatic heterocycles. The Morgan fingerprint density at radius 2 is 2.00 bits per heavy atom. The molecule has 6 heteroatoms. The average Bonchev–Trinajstić information content (AvgIpc) is 3.30. The van der Waals surface area contributed by atoms with Crippen LogP contribution >= 0.6 is 0 Å². The lowest BCUT2D eigenvalue weighted by atomic mass is 10.0. The Labute approximate surface area is 142 Å². The number of carbonyl (C=O) groups is 1. The van der Waals surface area contributed by atoms with E-state index in [9.17, 15) is 4.79 Å². The van der Waals surface area contributed by atoms with Gasteiger partial charge in [-0.2, -0.15) is 5.10 Å². The molecular formula is C18H25N5O. The summed E-state index contributed by atoms with van der Waals surface area (Å²) in [5.41, 5.74) is 0. The molecule has 1 fully saturated rings. The van der Waals surface area contributed by atoms with Crippen molar-refractivity contribution in [1.29, 1.82) is 0 Å². The van der Waals surface area contributed by atoms with Gasteiger partial charge in [0.2, 0.25) is 5.91 Å². The average molecular weight is 327 g/mol. The normalized spacial score (nSPS) is 21.7. The SMILES string of the molecule is O=C(CC1CCCC1)N1Cc2nccn2C[C@@H](Cn2cccn2)C1. The highest BCUT2D eigenvalue weighted by Crippen LogP contribution is 2.29. The Morgan fingerprint density at radius 3 is 2.79 bits per heavy atom. The number of carbonyl (C=O) groups excluding carboxylic acids is 1. The van der Waals surface area contributed by atoms with Crippen LogP contribution in [0.1, 0.15) is 37.9 Å². The molecule has 0 unspecified atom stereocenters. The molecule has 0 radical (unpaired) electrons. The van der Waals surface area contributed by atoms with Gasteiger partial charge in [-0.25, -0.2) is 4.98 Å². The first-order valence-electron chi connectivity index (χ1n) is 9.03. The summed E-state index contributed by atoms with van der Waals surface area (Å²) >= 11 is 0. The number of nitrogens with zero attached hydrogens (tertiary/aromatic N) is 5. The molecule has 0 saturated heterocycles. The van der Waals surface area contributed by atoms with Crippen molar-refractivity contribution >= 4 is 5.91 Å². The number of hydrogen-bond acceptors (Lipinski definition) is 3. The molecule has 128 valence electrons. The summed E-state index contributed by atoms with van der Waals surface area (Å²) in [7, 11) is 0.